The highest BCUT2D eigenvalue weighted by atomic mass is 19.1. The number of carbonyl (C=O) groups excluding carboxylic acids is 2. The number of carbonyl (C=O) groups is 2. The molecule has 0 unspecified atom stereocenters. The molecule has 1 heterocycles. The molecular formula is C23H20FN3O2. The molecule has 3 rings (SSSR count). The fourth-order valence-electron chi connectivity index (χ4n) is 2.56. The second-order valence-electron chi connectivity index (χ2n) is 6.47. The average Bonchev–Trinajstić information content (AvgIpc) is 2.74. The van der Waals surface area contributed by atoms with Crippen molar-refractivity contribution in [2.45, 2.75) is 13.5 Å². The molecule has 2 amide bonds. The van der Waals surface area contributed by atoms with Gasteiger partial charge in [-0.1, -0.05) is 35.9 Å². The number of amides is 2. The molecule has 29 heavy (non-hydrogen) atoms. The molecule has 1 aromatic heterocycles. The monoisotopic (exact) mass is 389 g/mol. The van der Waals surface area contributed by atoms with Crippen LogP contribution in [0.25, 0.3) is 6.08 Å². The van der Waals surface area contributed by atoms with Crippen LogP contribution in [0, 0.1) is 12.7 Å². The molecule has 0 atom stereocenters. The van der Waals surface area contributed by atoms with Gasteiger partial charge in [0, 0.05) is 24.5 Å². The number of aryl methyl sites for hydroxylation is 1. The van der Waals surface area contributed by atoms with E-state index in [2.05, 4.69) is 15.6 Å². The van der Waals surface area contributed by atoms with E-state index in [1.54, 1.807) is 30.6 Å². The van der Waals surface area contributed by atoms with Crippen LogP contribution in [0.1, 0.15) is 27.0 Å². The Hall–Kier alpha value is -3.80. The van der Waals surface area contributed by atoms with E-state index in [0.29, 0.717) is 11.1 Å². The first kappa shape index (κ1) is 19.9. The molecule has 0 aliphatic carbocycles. The summed E-state index contributed by atoms with van der Waals surface area (Å²) in [5.74, 6) is -1.25. The molecule has 0 spiro atoms. The van der Waals surface area contributed by atoms with Crippen LogP contribution in [-0.4, -0.2) is 16.8 Å². The maximum absolute atomic E-state index is 13.2. The van der Waals surface area contributed by atoms with Gasteiger partial charge in [-0.15, -0.1) is 0 Å². The van der Waals surface area contributed by atoms with Gasteiger partial charge < -0.3 is 10.6 Å². The largest absolute Gasteiger partial charge is 0.347 e. The maximum atomic E-state index is 13.2. The van der Waals surface area contributed by atoms with E-state index >= 15 is 0 Å². The smallest absolute Gasteiger partial charge is 0.268 e. The number of hydrogen-bond acceptors (Lipinski definition) is 3. The molecule has 5 nitrogen and oxygen atoms in total. The van der Waals surface area contributed by atoms with Crippen LogP contribution in [0.3, 0.4) is 0 Å². The first-order valence-corrected chi connectivity index (χ1v) is 9.03. The van der Waals surface area contributed by atoms with Gasteiger partial charge in [-0.2, -0.15) is 0 Å². The molecule has 6 heteroatoms. The molecule has 0 fully saturated rings. The second-order valence-corrected chi connectivity index (χ2v) is 6.47. The van der Waals surface area contributed by atoms with Crippen molar-refractivity contribution >= 4 is 17.9 Å². The zero-order valence-electron chi connectivity index (χ0n) is 15.9. The second kappa shape index (κ2) is 9.41. The van der Waals surface area contributed by atoms with Crippen LogP contribution in [-0.2, 0) is 11.3 Å². The first-order valence-electron chi connectivity index (χ1n) is 9.03. The van der Waals surface area contributed by atoms with Crippen molar-refractivity contribution in [2.24, 2.45) is 0 Å². The average molecular weight is 389 g/mol. The minimum Gasteiger partial charge on any atom is -0.347 e. The van der Waals surface area contributed by atoms with Crippen molar-refractivity contribution in [3.8, 4) is 0 Å². The lowest BCUT2D eigenvalue weighted by atomic mass is 10.1. The molecule has 0 saturated carbocycles. The Labute approximate surface area is 168 Å². The van der Waals surface area contributed by atoms with E-state index in [4.69, 9.17) is 0 Å². The summed E-state index contributed by atoms with van der Waals surface area (Å²) in [6.45, 7) is 2.18. The number of aromatic nitrogens is 1. The molecule has 0 saturated heterocycles. The topological polar surface area (TPSA) is 71.1 Å². The molecule has 0 aliphatic heterocycles. The number of hydrogen-bond donors (Lipinski definition) is 2. The van der Waals surface area contributed by atoms with Crippen LogP contribution in [0.5, 0.6) is 0 Å². The predicted molar refractivity (Wildman–Crippen MR) is 109 cm³/mol. The fraction of sp³-hybridized carbons (Fsp3) is 0.0870. The van der Waals surface area contributed by atoms with E-state index in [9.17, 15) is 14.0 Å². The molecular weight excluding hydrogens is 369 g/mol. The number of halogens is 1. The van der Waals surface area contributed by atoms with E-state index in [1.165, 1.54) is 30.3 Å². The Morgan fingerprint density at radius 1 is 1.03 bits per heavy atom. The van der Waals surface area contributed by atoms with Crippen molar-refractivity contribution in [1.82, 2.24) is 15.6 Å². The number of benzene rings is 2. The highest BCUT2D eigenvalue weighted by Gasteiger charge is 2.14. The van der Waals surface area contributed by atoms with Crippen LogP contribution >= 0.6 is 0 Å². The minimum atomic E-state index is -0.460. The van der Waals surface area contributed by atoms with E-state index in [1.807, 2.05) is 25.1 Å². The quantitative estimate of drug-likeness (QED) is 0.633. The molecule has 3 aromatic rings. The van der Waals surface area contributed by atoms with E-state index in [0.717, 1.165) is 11.1 Å². The maximum Gasteiger partial charge on any atom is 0.268 e. The molecule has 2 N–H and O–H groups in total. The van der Waals surface area contributed by atoms with Crippen molar-refractivity contribution in [3.63, 3.8) is 0 Å². The van der Waals surface area contributed by atoms with Crippen LogP contribution < -0.4 is 10.6 Å². The van der Waals surface area contributed by atoms with Gasteiger partial charge in [-0.25, -0.2) is 4.39 Å². The zero-order chi connectivity index (χ0) is 20.6. The third kappa shape index (κ3) is 5.84. The Balaban J connectivity index is 1.80. The molecule has 0 bridgehead atoms. The van der Waals surface area contributed by atoms with E-state index < -0.39 is 11.8 Å². The van der Waals surface area contributed by atoms with Gasteiger partial charge in [0.1, 0.15) is 11.5 Å². The number of nitrogens with zero attached hydrogens (tertiary/aromatic N) is 1. The van der Waals surface area contributed by atoms with Gasteiger partial charge in [0.25, 0.3) is 11.8 Å². The number of pyridine rings is 1. The summed E-state index contributed by atoms with van der Waals surface area (Å²) in [7, 11) is 0. The zero-order valence-corrected chi connectivity index (χ0v) is 15.9. The summed E-state index contributed by atoms with van der Waals surface area (Å²) in [6, 6.07) is 16.3. The Morgan fingerprint density at radius 3 is 2.41 bits per heavy atom. The SMILES string of the molecule is Cc1ccc(C(=O)NC(=Cc2ccc(F)cc2)C(=O)NCc2cccnc2)cc1. The first-order chi connectivity index (χ1) is 14.0. The van der Waals surface area contributed by atoms with Crippen LogP contribution in [0.15, 0.2) is 78.8 Å². The molecule has 0 aliphatic rings. The summed E-state index contributed by atoms with van der Waals surface area (Å²) in [5, 5.41) is 5.41. The van der Waals surface area contributed by atoms with Gasteiger partial charge >= 0.3 is 0 Å². The van der Waals surface area contributed by atoms with Gasteiger partial charge in [0.05, 0.1) is 0 Å². The fourth-order valence-corrected chi connectivity index (χ4v) is 2.56. The lowest BCUT2D eigenvalue weighted by Gasteiger charge is -2.11. The van der Waals surface area contributed by atoms with Crippen LogP contribution in [0.2, 0.25) is 0 Å². The Morgan fingerprint density at radius 2 is 1.76 bits per heavy atom. The Bertz CT molecular complexity index is 1010. The lowest BCUT2D eigenvalue weighted by molar-refractivity contribution is -0.117. The van der Waals surface area contributed by atoms with Crippen molar-refractivity contribution in [3.05, 3.63) is 107 Å². The Kier molecular flexibility index (Phi) is 6.47. The lowest BCUT2D eigenvalue weighted by Crippen LogP contribution is -2.34. The van der Waals surface area contributed by atoms with Crippen LogP contribution in [0.4, 0.5) is 4.39 Å². The van der Waals surface area contributed by atoms with Crippen molar-refractivity contribution in [2.75, 3.05) is 0 Å². The van der Waals surface area contributed by atoms with Gasteiger partial charge in [0.2, 0.25) is 0 Å². The summed E-state index contributed by atoms with van der Waals surface area (Å²) in [6.07, 6.45) is 4.80. The van der Waals surface area contributed by atoms with Gasteiger partial charge in [0.15, 0.2) is 0 Å². The standard InChI is InChI=1S/C23H20FN3O2/c1-16-4-8-19(9-5-16)22(28)27-21(13-17-6-10-20(24)11-7-17)23(29)26-15-18-3-2-12-25-14-18/h2-14H,15H2,1H3,(H,26,29)(H,27,28). The molecule has 0 radical (unpaired) electrons. The molecule has 2 aromatic carbocycles. The van der Waals surface area contributed by atoms with Gasteiger partial charge in [-0.05, 0) is 54.5 Å². The summed E-state index contributed by atoms with van der Waals surface area (Å²) >= 11 is 0. The summed E-state index contributed by atoms with van der Waals surface area (Å²) < 4.78 is 13.2. The minimum absolute atomic E-state index is 0.0612. The summed E-state index contributed by atoms with van der Waals surface area (Å²) in [4.78, 5) is 29.3. The number of rotatable bonds is 6. The highest BCUT2D eigenvalue weighted by Crippen LogP contribution is 2.10. The van der Waals surface area contributed by atoms with Gasteiger partial charge in [-0.3, -0.25) is 14.6 Å². The molecule has 146 valence electrons. The number of nitrogens with one attached hydrogen (secondary N) is 2. The summed E-state index contributed by atoms with van der Waals surface area (Å²) in [5.41, 5.74) is 2.93. The van der Waals surface area contributed by atoms with Crippen molar-refractivity contribution < 1.29 is 14.0 Å². The normalized spacial score (nSPS) is 11.0. The van der Waals surface area contributed by atoms with E-state index in [-0.39, 0.29) is 18.1 Å². The highest BCUT2D eigenvalue weighted by molar-refractivity contribution is 6.05. The predicted octanol–water partition coefficient (Wildman–Crippen LogP) is 3.62. The third-order valence-corrected chi connectivity index (χ3v) is 4.16. The van der Waals surface area contributed by atoms with Crippen molar-refractivity contribution in [1.29, 1.82) is 0 Å². The third-order valence-electron chi connectivity index (χ3n) is 4.16.